The van der Waals surface area contributed by atoms with Crippen LogP contribution in [0.5, 0.6) is 0 Å². The Kier molecular flexibility index (Phi) is 6.90. The number of carbonyl (C=O) groups is 2. The second-order valence-corrected chi connectivity index (χ2v) is 7.45. The summed E-state index contributed by atoms with van der Waals surface area (Å²) < 4.78 is 14.7. The number of benzene rings is 3. The number of nitrogens with zero attached hydrogens (tertiary/aromatic N) is 2. The third kappa shape index (κ3) is 5.71. The molecule has 0 radical (unpaired) electrons. The highest BCUT2D eigenvalue weighted by molar-refractivity contribution is 6.00. The van der Waals surface area contributed by atoms with Gasteiger partial charge in [0.1, 0.15) is 11.5 Å². The lowest BCUT2D eigenvalue weighted by Crippen LogP contribution is -2.35. The zero-order valence-corrected chi connectivity index (χ0v) is 17.9. The van der Waals surface area contributed by atoms with Crippen LogP contribution in [0.3, 0.4) is 0 Å². The fraction of sp³-hybridized carbons (Fsp3) is 0.115. The molecule has 0 bridgehead atoms. The van der Waals surface area contributed by atoms with Crippen LogP contribution in [0.2, 0.25) is 0 Å². The Morgan fingerprint density at radius 1 is 0.818 bits per heavy atom. The number of para-hydroxylation sites is 1. The lowest BCUT2D eigenvalue weighted by atomic mass is 10.1. The average Bonchev–Trinajstić information content (AvgIpc) is 3.30. The van der Waals surface area contributed by atoms with Crippen molar-refractivity contribution in [2.45, 2.75) is 6.42 Å². The molecule has 0 aliphatic carbocycles. The predicted octanol–water partition coefficient (Wildman–Crippen LogP) is 3.77. The summed E-state index contributed by atoms with van der Waals surface area (Å²) in [5.41, 5.74) is 3.44. The number of hydrogen-bond donors (Lipinski definition) is 2. The van der Waals surface area contributed by atoms with Crippen LogP contribution < -0.4 is 10.6 Å². The van der Waals surface area contributed by atoms with E-state index in [0.29, 0.717) is 11.3 Å². The van der Waals surface area contributed by atoms with Gasteiger partial charge in [-0.15, -0.1) is 0 Å². The Morgan fingerprint density at radius 2 is 1.45 bits per heavy atom. The summed E-state index contributed by atoms with van der Waals surface area (Å²) >= 11 is 0. The van der Waals surface area contributed by atoms with Crippen molar-refractivity contribution in [2.24, 2.45) is 0 Å². The van der Waals surface area contributed by atoms with Crippen LogP contribution in [0.25, 0.3) is 16.9 Å². The zero-order chi connectivity index (χ0) is 23.0. The summed E-state index contributed by atoms with van der Waals surface area (Å²) in [4.78, 5) is 25.0. The molecule has 2 amide bonds. The molecule has 1 heterocycles. The Bertz CT molecular complexity index is 1220. The molecular formula is C26H23FN4O2. The van der Waals surface area contributed by atoms with E-state index in [9.17, 15) is 14.0 Å². The van der Waals surface area contributed by atoms with E-state index in [-0.39, 0.29) is 37.1 Å². The van der Waals surface area contributed by atoms with Crippen molar-refractivity contribution in [2.75, 3.05) is 13.1 Å². The van der Waals surface area contributed by atoms with Crippen molar-refractivity contribution < 1.29 is 14.0 Å². The molecule has 0 spiro atoms. The summed E-state index contributed by atoms with van der Waals surface area (Å²) in [7, 11) is 0. The first-order valence-corrected chi connectivity index (χ1v) is 10.6. The molecule has 0 aliphatic rings. The van der Waals surface area contributed by atoms with E-state index >= 15 is 0 Å². The van der Waals surface area contributed by atoms with Crippen LogP contribution in [0, 0.1) is 5.82 Å². The van der Waals surface area contributed by atoms with Crippen LogP contribution >= 0.6 is 0 Å². The van der Waals surface area contributed by atoms with Crippen molar-refractivity contribution in [3.8, 4) is 16.9 Å². The van der Waals surface area contributed by atoms with Crippen LogP contribution in [0.4, 0.5) is 4.39 Å². The Labute approximate surface area is 191 Å². The largest absolute Gasteiger partial charge is 0.354 e. The smallest absolute Gasteiger partial charge is 0.255 e. The molecule has 0 saturated carbocycles. The third-order valence-corrected chi connectivity index (χ3v) is 5.04. The van der Waals surface area contributed by atoms with Gasteiger partial charge in [-0.05, 0) is 29.8 Å². The first kappa shape index (κ1) is 22.0. The molecule has 4 aromatic rings. The molecule has 0 fully saturated rings. The zero-order valence-electron chi connectivity index (χ0n) is 17.9. The first-order valence-electron chi connectivity index (χ1n) is 10.6. The van der Waals surface area contributed by atoms with Crippen LogP contribution in [0.1, 0.15) is 15.9 Å². The van der Waals surface area contributed by atoms with Gasteiger partial charge < -0.3 is 10.6 Å². The number of halogens is 1. The van der Waals surface area contributed by atoms with Crippen LogP contribution in [0.15, 0.2) is 91.1 Å². The Morgan fingerprint density at radius 3 is 2.15 bits per heavy atom. The van der Waals surface area contributed by atoms with Gasteiger partial charge in [-0.1, -0.05) is 60.7 Å². The molecule has 4 rings (SSSR count). The number of nitrogens with one attached hydrogen (secondary N) is 2. The Balaban J connectivity index is 1.39. The van der Waals surface area contributed by atoms with Gasteiger partial charge in [0, 0.05) is 24.8 Å². The van der Waals surface area contributed by atoms with Gasteiger partial charge in [-0.25, -0.2) is 9.07 Å². The molecule has 166 valence electrons. The summed E-state index contributed by atoms with van der Waals surface area (Å²) in [6.45, 7) is 0.540. The number of aromatic nitrogens is 2. The van der Waals surface area contributed by atoms with E-state index in [0.717, 1.165) is 16.8 Å². The van der Waals surface area contributed by atoms with E-state index in [1.54, 1.807) is 23.0 Å². The highest BCUT2D eigenvalue weighted by Crippen LogP contribution is 2.23. The number of amides is 2. The lowest BCUT2D eigenvalue weighted by Gasteiger charge is -2.07. The van der Waals surface area contributed by atoms with Crippen LogP contribution in [-0.4, -0.2) is 34.7 Å². The number of rotatable bonds is 8. The SMILES string of the molecule is O=C(Cc1ccc(F)cc1)NCCNC(=O)c1cn(-c2ccccc2)nc1-c1ccccc1. The summed E-state index contributed by atoms with van der Waals surface area (Å²) in [5, 5.41) is 10.2. The highest BCUT2D eigenvalue weighted by atomic mass is 19.1. The minimum absolute atomic E-state index is 0.149. The van der Waals surface area contributed by atoms with Gasteiger partial charge in [0.15, 0.2) is 0 Å². The van der Waals surface area contributed by atoms with E-state index < -0.39 is 0 Å². The predicted molar refractivity (Wildman–Crippen MR) is 124 cm³/mol. The topological polar surface area (TPSA) is 76.0 Å². The first-order chi connectivity index (χ1) is 16.1. The second kappa shape index (κ2) is 10.4. The van der Waals surface area contributed by atoms with Crippen molar-refractivity contribution in [1.82, 2.24) is 20.4 Å². The molecule has 7 heteroatoms. The van der Waals surface area contributed by atoms with Crippen molar-refractivity contribution >= 4 is 11.8 Å². The van der Waals surface area contributed by atoms with Gasteiger partial charge in [-0.3, -0.25) is 9.59 Å². The highest BCUT2D eigenvalue weighted by Gasteiger charge is 2.18. The van der Waals surface area contributed by atoms with Crippen molar-refractivity contribution in [3.05, 3.63) is 108 Å². The molecule has 1 aromatic heterocycles. The van der Waals surface area contributed by atoms with E-state index in [4.69, 9.17) is 0 Å². The van der Waals surface area contributed by atoms with Gasteiger partial charge in [0.05, 0.1) is 17.7 Å². The van der Waals surface area contributed by atoms with Crippen molar-refractivity contribution in [1.29, 1.82) is 0 Å². The van der Waals surface area contributed by atoms with Gasteiger partial charge in [0.25, 0.3) is 5.91 Å². The fourth-order valence-corrected chi connectivity index (χ4v) is 3.39. The second-order valence-electron chi connectivity index (χ2n) is 7.45. The average molecular weight is 442 g/mol. The molecule has 0 unspecified atom stereocenters. The lowest BCUT2D eigenvalue weighted by molar-refractivity contribution is -0.120. The summed E-state index contributed by atoms with van der Waals surface area (Å²) in [6.07, 6.45) is 1.86. The van der Waals surface area contributed by atoms with E-state index in [2.05, 4.69) is 15.7 Å². The molecule has 3 aromatic carbocycles. The molecule has 0 atom stereocenters. The van der Waals surface area contributed by atoms with Gasteiger partial charge in [-0.2, -0.15) is 5.10 Å². The maximum Gasteiger partial charge on any atom is 0.255 e. The molecule has 6 nitrogen and oxygen atoms in total. The van der Waals surface area contributed by atoms with Gasteiger partial charge >= 0.3 is 0 Å². The number of carbonyl (C=O) groups excluding carboxylic acids is 2. The van der Waals surface area contributed by atoms with E-state index in [1.165, 1.54) is 12.1 Å². The quantitative estimate of drug-likeness (QED) is 0.408. The molecule has 2 N–H and O–H groups in total. The maximum absolute atomic E-state index is 13.0. The maximum atomic E-state index is 13.0. The molecule has 0 saturated heterocycles. The number of hydrogen-bond acceptors (Lipinski definition) is 3. The normalized spacial score (nSPS) is 10.6. The monoisotopic (exact) mass is 442 g/mol. The van der Waals surface area contributed by atoms with E-state index in [1.807, 2.05) is 60.7 Å². The summed E-state index contributed by atoms with van der Waals surface area (Å²) in [5.74, 6) is -0.811. The van der Waals surface area contributed by atoms with Crippen molar-refractivity contribution in [3.63, 3.8) is 0 Å². The fourth-order valence-electron chi connectivity index (χ4n) is 3.39. The summed E-state index contributed by atoms with van der Waals surface area (Å²) in [6, 6.07) is 24.9. The Hall–Kier alpha value is -4.26. The molecule has 0 aliphatic heterocycles. The van der Waals surface area contributed by atoms with Crippen LogP contribution in [-0.2, 0) is 11.2 Å². The standard InChI is InChI=1S/C26H23FN4O2/c27-21-13-11-19(12-14-21)17-24(32)28-15-16-29-26(33)23-18-31(22-9-5-2-6-10-22)30-25(23)20-7-3-1-4-8-20/h1-14,18H,15-17H2,(H,28,32)(H,29,33). The minimum Gasteiger partial charge on any atom is -0.354 e. The minimum atomic E-state index is -0.340. The van der Waals surface area contributed by atoms with Gasteiger partial charge in [0.2, 0.25) is 5.91 Å². The molecular weight excluding hydrogens is 419 g/mol. The molecule has 33 heavy (non-hydrogen) atoms. The third-order valence-electron chi connectivity index (χ3n) is 5.04.